The molecule has 6 heteroatoms. The van der Waals surface area contributed by atoms with Gasteiger partial charge in [-0.25, -0.2) is 0 Å². The molecule has 176 valence electrons. The number of methoxy groups -OCH3 is 1. The average Bonchev–Trinajstić information content (AvgIpc) is 3.40. The largest absolute Gasteiger partial charge is 0.497 e. The molecule has 1 saturated heterocycles. The van der Waals surface area contributed by atoms with Crippen molar-refractivity contribution in [3.63, 3.8) is 0 Å². The Balaban J connectivity index is 2.01. The Morgan fingerprint density at radius 1 is 1.26 bits per heavy atom. The number of ether oxygens (including phenoxy) is 3. The molecule has 2 rings (SSSR count). The predicted octanol–water partition coefficient (Wildman–Crippen LogP) is 5.19. The van der Waals surface area contributed by atoms with Crippen molar-refractivity contribution in [2.45, 2.75) is 77.2 Å². The number of epoxide rings is 1. The molecule has 0 radical (unpaired) electrons. The van der Waals surface area contributed by atoms with E-state index in [1.807, 2.05) is 24.3 Å². The van der Waals surface area contributed by atoms with Crippen molar-refractivity contribution in [3.05, 3.63) is 42.5 Å². The van der Waals surface area contributed by atoms with Crippen LogP contribution >= 0.6 is 0 Å². The summed E-state index contributed by atoms with van der Waals surface area (Å²) in [7, 11) is -0.393. The lowest BCUT2D eigenvalue weighted by molar-refractivity contribution is 0.0383. The summed E-state index contributed by atoms with van der Waals surface area (Å²) in [6.45, 7) is 20.5. The van der Waals surface area contributed by atoms with Gasteiger partial charge < -0.3 is 23.7 Å². The van der Waals surface area contributed by atoms with Gasteiger partial charge >= 0.3 is 0 Å². The van der Waals surface area contributed by atoms with Crippen LogP contribution in [0.2, 0.25) is 18.1 Å². The number of hydrogen-bond donors (Lipinski definition) is 1. The Bertz CT molecular complexity index is 712. The average molecular weight is 451 g/mol. The lowest BCUT2D eigenvalue weighted by Crippen LogP contribution is -2.51. The molecule has 1 N–H and O–H groups in total. The molecule has 1 aromatic rings. The van der Waals surface area contributed by atoms with E-state index in [4.69, 9.17) is 18.6 Å². The Labute approximate surface area is 189 Å². The number of hydrogen-bond acceptors (Lipinski definition) is 5. The van der Waals surface area contributed by atoms with Crippen molar-refractivity contribution in [3.8, 4) is 5.75 Å². The zero-order chi connectivity index (χ0) is 23.4. The zero-order valence-corrected chi connectivity index (χ0v) is 21.6. The molecule has 0 amide bonds. The van der Waals surface area contributed by atoms with Gasteiger partial charge in [0, 0.05) is 11.8 Å². The van der Waals surface area contributed by atoms with Crippen LogP contribution in [0.3, 0.4) is 0 Å². The third kappa shape index (κ3) is 6.20. The maximum Gasteiger partial charge on any atom is 0.192 e. The number of aliphatic hydroxyl groups is 1. The van der Waals surface area contributed by atoms with E-state index in [0.29, 0.717) is 13.2 Å². The predicted molar refractivity (Wildman–Crippen MR) is 128 cm³/mol. The summed E-state index contributed by atoms with van der Waals surface area (Å²) in [4.78, 5) is 0. The van der Waals surface area contributed by atoms with Crippen molar-refractivity contribution in [2.24, 2.45) is 11.8 Å². The first-order valence-corrected chi connectivity index (χ1v) is 14.1. The highest BCUT2D eigenvalue weighted by Crippen LogP contribution is 2.50. The summed E-state index contributed by atoms with van der Waals surface area (Å²) in [5.74, 6) is 0.877. The van der Waals surface area contributed by atoms with E-state index in [2.05, 4.69) is 54.3 Å². The van der Waals surface area contributed by atoms with Crippen LogP contribution < -0.4 is 4.74 Å². The molecular formula is C25H42O5Si. The fourth-order valence-corrected chi connectivity index (χ4v) is 5.14. The highest BCUT2D eigenvalue weighted by molar-refractivity contribution is 6.74. The third-order valence-corrected chi connectivity index (χ3v) is 11.4. The Morgan fingerprint density at radius 2 is 1.87 bits per heavy atom. The number of benzene rings is 1. The first-order chi connectivity index (χ1) is 14.4. The Morgan fingerprint density at radius 3 is 2.35 bits per heavy atom. The molecule has 0 bridgehead atoms. The molecule has 0 aliphatic carbocycles. The summed E-state index contributed by atoms with van der Waals surface area (Å²) in [5.41, 5.74) is 0.651. The van der Waals surface area contributed by atoms with Crippen molar-refractivity contribution in [2.75, 3.05) is 20.3 Å². The van der Waals surface area contributed by atoms with Crippen molar-refractivity contribution >= 4 is 8.32 Å². The zero-order valence-electron chi connectivity index (χ0n) is 20.6. The van der Waals surface area contributed by atoms with Gasteiger partial charge in [-0.15, -0.1) is 6.58 Å². The molecular weight excluding hydrogens is 408 g/mol. The number of aliphatic hydroxyl groups excluding tert-OH is 1. The number of rotatable bonds is 12. The van der Waals surface area contributed by atoms with Crippen molar-refractivity contribution in [1.29, 1.82) is 0 Å². The second-order valence-electron chi connectivity index (χ2n) is 10.4. The quantitative estimate of drug-likeness (QED) is 0.270. The fraction of sp³-hybridized carbons (Fsp3) is 0.680. The van der Waals surface area contributed by atoms with Crippen molar-refractivity contribution in [1.82, 2.24) is 0 Å². The molecule has 5 atom stereocenters. The molecule has 1 aliphatic rings. The SMILES string of the molecule is C=C[C@H](CO)[C@H](O[Si](C)(C)C(C)(C)C)C1(C)O[C@@H]1[C@@H](C)COCc1ccc(OC)cc1. The van der Waals surface area contributed by atoms with Gasteiger partial charge in [-0.2, -0.15) is 0 Å². The van der Waals surface area contributed by atoms with Gasteiger partial charge in [0.25, 0.3) is 0 Å². The van der Waals surface area contributed by atoms with Crippen LogP contribution in [-0.4, -0.2) is 51.6 Å². The second kappa shape index (κ2) is 10.2. The summed E-state index contributed by atoms with van der Waals surface area (Å²) < 4.78 is 24.2. The molecule has 1 unspecified atom stereocenters. The lowest BCUT2D eigenvalue weighted by atomic mass is 9.86. The van der Waals surface area contributed by atoms with Gasteiger partial charge in [-0.05, 0) is 42.8 Å². The summed E-state index contributed by atoms with van der Waals surface area (Å²) >= 11 is 0. The van der Waals surface area contributed by atoms with E-state index in [1.54, 1.807) is 13.2 Å². The second-order valence-corrected chi connectivity index (χ2v) is 15.2. The van der Waals surface area contributed by atoms with Gasteiger partial charge in [-0.1, -0.05) is 45.9 Å². The highest BCUT2D eigenvalue weighted by Gasteiger charge is 2.62. The monoisotopic (exact) mass is 450 g/mol. The molecule has 1 heterocycles. The van der Waals surface area contributed by atoms with Crippen LogP contribution in [-0.2, 0) is 20.5 Å². The molecule has 5 nitrogen and oxygen atoms in total. The minimum Gasteiger partial charge on any atom is -0.497 e. The van der Waals surface area contributed by atoms with E-state index >= 15 is 0 Å². The van der Waals surface area contributed by atoms with Crippen LogP contribution in [0.1, 0.15) is 40.2 Å². The molecule has 1 aliphatic heterocycles. The summed E-state index contributed by atoms with van der Waals surface area (Å²) in [6.07, 6.45) is 1.59. The molecule has 31 heavy (non-hydrogen) atoms. The summed E-state index contributed by atoms with van der Waals surface area (Å²) in [6, 6.07) is 7.91. The first kappa shape index (κ1) is 26.1. The van der Waals surface area contributed by atoms with Gasteiger partial charge in [0.2, 0.25) is 0 Å². The third-order valence-electron chi connectivity index (χ3n) is 6.91. The van der Waals surface area contributed by atoms with E-state index in [1.165, 1.54) is 0 Å². The van der Waals surface area contributed by atoms with Crippen LogP contribution in [0.15, 0.2) is 36.9 Å². The van der Waals surface area contributed by atoms with Crippen LogP contribution in [0.5, 0.6) is 5.75 Å². The fourth-order valence-electron chi connectivity index (χ4n) is 3.74. The van der Waals surface area contributed by atoms with E-state index in [-0.39, 0.29) is 35.7 Å². The molecule has 1 aromatic carbocycles. The molecule has 0 aromatic heterocycles. The summed E-state index contributed by atoms with van der Waals surface area (Å²) in [5, 5.41) is 10.1. The normalized spacial score (nSPS) is 24.4. The topological polar surface area (TPSA) is 60.5 Å². The Hall–Kier alpha value is -1.18. The highest BCUT2D eigenvalue weighted by atomic mass is 28.4. The minimum absolute atomic E-state index is 0.00316. The van der Waals surface area contributed by atoms with Crippen molar-refractivity contribution < 1.29 is 23.7 Å². The van der Waals surface area contributed by atoms with Gasteiger partial charge in [-0.3, -0.25) is 0 Å². The maximum absolute atomic E-state index is 9.99. The van der Waals surface area contributed by atoms with Crippen LogP contribution in [0.25, 0.3) is 0 Å². The standard InChI is InChI=1S/C25H42O5Si/c1-10-20(15-26)23(30-31(8,9)24(3,4)5)25(6)22(29-25)18(2)16-28-17-19-11-13-21(27-7)14-12-19/h10-14,18,20,22-23,26H,1,15-17H2,2-9H3/t18-,20+,22+,23-,25?/m0/s1. The maximum atomic E-state index is 9.99. The molecule has 1 fully saturated rings. The minimum atomic E-state index is -2.06. The lowest BCUT2D eigenvalue weighted by Gasteiger charge is -2.42. The van der Waals surface area contributed by atoms with Gasteiger partial charge in [0.05, 0.1) is 39.1 Å². The van der Waals surface area contributed by atoms with E-state index in [0.717, 1.165) is 11.3 Å². The van der Waals surface area contributed by atoms with Gasteiger partial charge in [0.1, 0.15) is 11.4 Å². The van der Waals surface area contributed by atoms with E-state index in [9.17, 15) is 5.11 Å². The first-order valence-electron chi connectivity index (χ1n) is 11.2. The Kier molecular flexibility index (Phi) is 8.56. The smallest absolute Gasteiger partial charge is 0.192 e. The molecule has 0 spiro atoms. The van der Waals surface area contributed by atoms with E-state index < -0.39 is 13.9 Å². The van der Waals surface area contributed by atoms with Crippen LogP contribution in [0, 0.1) is 11.8 Å². The van der Waals surface area contributed by atoms with Gasteiger partial charge in [0.15, 0.2) is 8.32 Å². The molecule has 0 saturated carbocycles. The van der Waals surface area contributed by atoms with Crippen LogP contribution in [0.4, 0.5) is 0 Å².